The zero-order valence-electron chi connectivity index (χ0n) is 25.0. The Morgan fingerprint density at radius 2 is 1.11 bits per heavy atom. The van der Waals surface area contributed by atoms with Crippen LogP contribution in [0.2, 0.25) is 0 Å². The van der Waals surface area contributed by atoms with Crippen molar-refractivity contribution in [2.24, 2.45) is 0 Å². The van der Waals surface area contributed by atoms with Crippen molar-refractivity contribution in [1.82, 2.24) is 4.98 Å². The Morgan fingerprint density at radius 1 is 0.457 bits per heavy atom. The fourth-order valence-corrected chi connectivity index (χ4v) is 6.75. The molecule has 0 aliphatic carbocycles. The van der Waals surface area contributed by atoms with Crippen molar-refractivity contribution >= 4 is 60.7 Å². The molecule has 0 atom stereocenters. The van der Waals surface area contributed by atoms with Crippen LogP contribution in [0.3, 0.4) is 0 Å². The third kappa shape index (κ3) is 4.33. The summed E-state index contributed by atoms with van der Waals surface area (Å²) >= 11 is 0. The molecule has 46 heavy (non-hydrogen) atoms. The fourth-order valence-electron chi connectivity index (χ4n) is 6.75. The van der Waals surface area contributed by atoms with Gasteiger partial charge in [-0.2, -0.15) is 0 Å². The van der Waals surface area contributed by atoms with Gasteiger partial charge in [0.1, 0.15) is 11.2 Å². The highest BCUT2D eigenvalue weighted by molar-refractivity contribution is 6.18. The van der Waals surface area contributed by atoms with Crippen LogP contribution in [0.25, 0.3) is 65.9 Å². The van der Waals surface area contributed by atoms with Crippen LogP contribution in [0.15, 0.2) is 174 Å². The Morgan fingerprint density at radius 3 is 1.98 bits per heavy atom. The summed E-state index contributed by atoms with van der Waals surface area (Å²) in [6, 6.07) is 57.9. The molecule has 0 bridgehead atoms. The summed E-state index contributed by atoms with van der Waals surface area (Å²) in [6.07, 6.45) is 1.87. The molecule has 0 saturated carbocycles. The van der Waals surface area contributed by atoms with E-state index in [-0.39, 0.29) is 0 Å². The predicted molar refractivity (Wildman–Crippen MR) is 192 cm³/mol. The zero-order chi connectivity index (χ0) is 30.5. The van der Waals surface area contributed by atoms with Crippen LogP contribution < -0.4 is 4.90 Å². The second-order valence-corrected chi connectivity index (χ2v) is 11.6. The van der Waals surface area contributed by atoms with E-state index >= 15 is 0 Å². The maximum atomic E-state index is 6.45. The van der Waals surface area contributed by atoms with Crippen molar-refractivity contribution in [1.29, 1.82) is 0 Å². The highest BCUT2D eigenvalue weighted by Gasteiger charge is 2.22. The van der Waals surface area contributed by atoms with E-state index in [2.05, 4.69) is 150 Å². The highest BCUT2D eigenvalue weighted by atomic mass is 16.3. The molecular weight excluding hydrogens is 560 g/mol. The molecule has 0 unspecified atom stereocenters. The topological polar surface area (TPSA) is 29.3 Å². The second kappa shape index (κ2) is 10.8. The van der Waals surface area contributed by atoms with Gasteiger partial charge in [0.25, 0.3) is 0 Å². The fraction of sp³-hybridized carbons (Fsp3) is 0. The Balaban J connectivity index is 1.33. The van der Waals surface area contributed by atoms with Gasteiger partial charge in [0.15, 0.2) is 0 Å². The first-order chi connectivity index (χ1) is 22.8. The van der Waals surface area contributed by atoms with Crippen molar-refractivity contribution in [3.8, 4) is 22.3 Å². The Bertz CT molecular complexity index is 2540. The first-order valence-corrected chi connectivity index (χ1v) is 15.5. The lowest BCUT2D eigenvalue weighted by Crippen LogP contribution is -2.11. The van der Waals surface area contributed by atoms with Gasteiger partial charge in [-0.3, -0.25) is 4.98 Å². The summed E-state index contributed by atoms with van der Waals surface area (Å²) < 4.78 is 6.45. The van der Waals surface area contributed by atoms with E-state index in [0.717, 1.165) is 61.0 Å². The maximum Gasteiger partial charge on any atom is 0.144 e. The maximum absolute atomic E-state index is 6.45. The van der Waals surface area contributed by atoms with E-state index in [4.69, 9.17) is 9.40 Å². The van der Waals surface area contributed by atoms with Gasteiger partial charge < -0.3 is 9.32 Å². The number of rotatable bonds is 5. The molecule has 7 aromatic carbocycles. The molecule has 3 nitrogen and oxygen atoms in total. The van der Waals surface area contributed by atoms with E-state index in [1.807, 2.05) is 24.4 Å². The van der Waals surface area contributed by atoms with E-state index in [1.54, 1.807) is 0 Å². The number of fused-ring (bicyclic) bond motifs is 6. The van der Waals surface area contributed by atoms with E-state index in [9.17, 15) is 0 Å². The summed E-state index contributed by atoms with van der Waals surface area (Å²) in [5.41, 5.74) is 10.4. The Kier molecular flexibility index (Phi) is 6.14. The normalized spacial score (nSPS) is 11.5. The molecule has 0 amide bonds. The summed E-state index contributed by atoms with van der Waals surface area (Å²) in [5, 5.41) is 5.61. The average molecular weight is 589 g/mol. The smallest absolute Gasteiger partial charge is 0.144 e. The van der Waals surface area contributed by atoms with Gasteiger partial charge in [-0.05, 0) is 81.6 Å². The van der Waals surface area contributed by atoms with Gasteiger partial charge in [-0.25, -0.2) is 0 Å². The molecule has 3 heteroatoms. The number of aromatic nitrogens is 1. The summed E-state index contributed by atoms with van der Waals surface area (Å²) in [4.78, 5) is 7.32. The van der Waals surface area contributed by atoms with Gasteiger partial charge in [0, 0.05) is 33.7 Å². The number of nitrogens with zero attached hydrogens (tertiary/aromatic N) is 2. The van der Waals surface area contributed by atoms with Gasteiger partial charge in [-0.15, -0.1) is 0 Å². The average Bonchev–Trinajstić information content (AvgIpc) is 3.51. The first kappa shape index (κ1) is 26.2. The van der Waals surface area contributed by atoms with Crippen molar-refractivity contribution in [3.63, 3.8) is 0 Å². The Labute approximate surface area is 266 Å². The number of furan rings is 1. The lowest BCUT2D eigenvalue weighted by molar-refractivity contribution is 0.672. The van der Waals surface area contributed by atoms with Crippen LogP contribution in [0.5, 0.6) is 0 Å². The molecule has 216 valence electrons. The van der Waals surface area contributed by atoms with Gasteiger partial charge in [0.05, 0.1) is 11.2 Å². The number of pyridine rings is 1. The molecule has 0 N–H and O–H groups in total. The van der Waals surface area contributed by atoms with E-state index in [1.165, 1.54) is 21.9 Å². The molecule has 0 aliphatic rings. The van der Waals surface area contributed by atoms with Crippen molar-refractivity contribution in [2.45, 2.75) is 0 Å². The highest BCUT2D eigenvalue weighted by Crippen LogP contribution is 2.45. The molecule has 0 spiro atoms. The number of para-hydroxylation sites is 1. The van der Waals surface area contributed by atoms with Gasteiger partial charge in [-0.1, -0.05) is 115 Å². The van der Waals surface area contributed by atoms with Gasteiger partial charge in [0.2, 0.25) is 0 Å². The van der Waals surface area contributed by atoms with Crippen LogP contribution in [-0.4, -0.2) is 4.98 Å². The summed E-state index contributed by atoms with van der Waals surface area (Å²) in [5.74, 6) is 0. The second-order valence-electron chi connectivity index (χ2n) is 11.6. The van der Waals surface area contributed by atoms with Crippen LogP contribution >= 0.6 is 0 Å². The van der Waals surface area contributed by atoms with E-state index < -0.39 is 0 Å². The third-order valence-electron chi connectivity index (χ3n) is 8.87. The standard InChI is InChI=1S/C43H28N2O/c1-2-12-29(13-3-1)31-16-8-18-33(26-31)45(34-19-9-17-32(27-34)36-22-10-15-30-14-4-5-20-35(30)36)40-28-39-37-21-6-7-24-41(37)46-43(39)38-23-11-25-44-42(38)40/h1-28H. The molecule has 0 radical (unpaired) electrons. The van der Waals surface area contributed by atoms with Crippen LogP contribution in [0, 0.1) is 0 Å². The minimum absolute atomic E-state index is 0.857. The number of hydrogen-bond acceptors (Lipinski definition) is 3. The number of anilines is 3. The largest absolute Gasteiger partial charge is 0.455 e. The Hall–Kier alpha value is -6.19. The third-order valence-corrected chi connectivity index (χ3v) is 8.87. The molecule has 2 aromatic heterocycles. The molecule has 0 fully saturated rings. The van der Waals surface area contributed by atoms with E-state index in [0.29, 0.717) is 0 Å². The molecule has 0 saturated heterocycles. The molecule has 2 heterocycles. The molecule has 0 aliphatic heterocycles. The first-order valence-electron chi connectivity index (χ1n) is 15.5. The van der Waals surface area contributed by atoms with Crippen LogP contribution in [0.4, 0.5) is 17.1 Å². The SMILES string of the molecule is c1ccc(-c2cccc(N(c3cccc(-c4cccc5ccccc45)c3)c3cc4c5ccccc5oc4c4cccnc34)c2)cc1. The van der Waals surface area contributed by atoms with Gasteiger partial charge >= 0.3 is 0 Å². The molecule has 9 rings (SSSR count). The lowest BCUT2D eigenvalue weighted by atomic mass is 9.97. The monoisotopic (exact) mass is 588 g/mol. The van der Waals surface area contributed by atoms with Crippen molar-refractivity contribution in [2.75, 3.05) is 4.90 Å². The number of benzene rings is 7. The quantitative estimate of drug-likeness (QED) is 0.200. The lowest BCUT2D eigenvalue weighted by Gasteiger charge is -2.27. The summed E-state index contributed by atoms with van der Waals surface area (Å²) in [6.45, 7) is 0. The molecular formula is C43H28N2O. The van der Waals surface area contributed by atoms with Crippen LogP contribution in [-0.2, 0) is 0 Å². The van der Waals surface area contributed by atoms with Crippen LogP contribution in [0.1, 0.15) is 0 Å². The predicted octanol–water partition coefficient (Wildman–Crippen LogP) is 12.1. The summed E-state index contributed by atoms with van der Waals surface area (Å²) in [7, 11) is 0. The zero-order valence-corrected chi connectivity index (χ0v) is 25.0. The number of hydrogen-bond donors (Lipinski definition) is 0. The van der Waals surface area contributed by atoms with Crippen molar-refractivity contribution < 1.29 is 4.42 Å². The minimum Gasteiger partial charge on any atom is -0.455 e. The minimum atomic E-state index is 0.857. The van der Waals surface area contributed by atoms with Crippen molar-refractivity contribution in [3.05, 3.63) is 170 Å². The molecule has 9 aromatic rings.